The first-order valence-electron chi connectivity index (χ1n) is 6.58. The van der Waals surface area contributed by atoms with Gasteiger partial charge < -0.3 is 15.3 Å². The van der Waals surface area contributed by atoms with Gasteiger partial charge in [0.25, 0.3) is 5.91 Å². The summed E-state index contributed by atoms with van der Waals surface area (Å²) in [6.45, 7) is 0.641. The van der Waals surface area contributed by atoms with Crippen LogP contribution in [0.2, 0.25) is 0 Å². The van der Waals surface area contributed by atoms with Gasteiger partial charge in [-0.05, 0) is 23.3 Å². The Bertz CT molecular complexity index is 594. The first-order valence-corrected chi connectivity index (χ1v) is 6.58. The number of rotatable bonds is 5. The standard InChI is InChI=1S/C15H18N4O2/c1-19(2)15(21)13-7-8-14(18-17-13)16-9-11-3-5-12(10-20)6-4-11/h3-8,20H,9-10H2,1-2H3,(H,16,18). The molecule has 0 aliphatic carbocycles. The second kappa shape index (κ2) is 6.81. The molecule has 6 nitrogen and oxygen atoms in total. The highest BCUT2D eigenvalue weighted by Gasteiger charge is 2.09. The SMILES string of the molecule is CN(C)C(=O)c1ccc(NCc2ccc(CO)cc2)nn1. The highest BCUT2D eigenvalue weighted by Crippen LogP contribution is 2.08. The average molecular weight is 286 g/mol. The molecular formula is C15H18N4O2. The number of aliphatic hydroxyl groups excluding tert-OH is 1. The first kappa shape index (κ1) is 14.9. The molecule has 0 bridgehead atoms. The predicted molar refractivity (Wildman–Crippen MR) is 79.7 cm³/mol. The van der Waals surface area contributed by atoms with Gasteiger partial charge in [-0.15, -0.1) is 10.2 Å². The Morgan fingerprint density at radius 2 is 1.76 bits per heavy atom. The number of aliphatic hydroxyl groups is 1. The summed E-state index contributed by atoms with van der Waals surface area (Å²) in [6.07, 6.45) is 0. The molecule has 0 saturated heterocycles. The lowest BCUT2D eigenvalue weighted by Crippen LogP contribution is -2.23. The molecule has 0 atom stereocenters. The van der Waals surface area contributed by atoms with Crippen LogP contribution in [-0.2, 0) is 13.2 Å². The topological polar surface area (TPSA) is 78.4 Å². The Balaban J connectivity index is 1.95. The van der Waals surface area contributed by atoms with Crippen molar-refractivity contribution in [1.29, 1.82) is 0 Å². The number of carbonyl (C=O) groups is 1. The van der Waals surface area contributed by atoms with Gasteiger partial charge in [0.1, 0.15) is 5.82 Å². The molecule has 0 aliphatic heterocycles. The third-order valence-electron chi connectivity index (χ3n) is 2.97. The zero-order valence-electron chi connectivity index (χ0n) is 12.1. The van der Waals surface area contributed by atoms with E-state index in [0.717, 1.165) is 11.1 Å². The first-order chi connectivity index (χ1) is 10.1. The average Bonchev–Trinajstić information content (AvgIpc) is 2.53. The smallest absolute Gasteiger partial charge is 0.273 e. The minimum Gasteiger partial charge on any atom is -0.392 e. The molecule has 0 unspecified atom stereocenters. The van der Waals surface area contributed by atoms with Crippen LogP contribution in [0.15, 0.2) is 36.4 Å². The van der Waals surface area contributed by atoms with Gasteiger partial charge in [-0.1, -0.05) is 24.3 Å². The Morgan fingerprint density at radius 3 is 2.29 bits per heavy atom. The number of aromatic nitrogens is 2. The van der Waals surface area contributed by atoms with E-state index in [9.17, 15) is 4.79 Å². The molecule has 1 heterocycles. The Hall–Kier alpha value is -2.47. The molecule has 2 aromatic rings. The Morgan fingerprint density at radius 1 is 1.10 bits per heavy atom. The Kier molecular flexibility index (Phi) is 4.84. The zero-order chi connectivity index (χ0) is 15.2. The maximum absolute atomic E-state index is 11.7. The fourth-order valence-electron chi connectivity index (χ4n) is 1.72. The summed E-state index contributed by atoms with van der Waals surface area (Å²) in [4.78, 5) is 13.1. The summed E-state index contributed by atoms with van der Waals surface area (Å²) in [5, 5.41) is 20.0. The van der Waals surface area contributed by atoms with Crippen molar-refractivity contribution in [1.82, 2.24) is 15.1 Å². The monoisotopic (exact) mass is 286 g/mol. The summed E-state index contributed by atoms with van der Waals surface area (Å²) in [6, 6.07) is 11.0. The van der Waals surface area contributed by atoms with E-state index in [1.165, 1.54) is 4.90 Å². The van der Waals surface area contributed by atoms with Crippen molar-refractivity contribution < 1.29 is 9.90 Å². The van der Waals surface area contributed by atoms with Crippen LogP contribution in [-0.4, -0.2) is 40.2 Å². The second-order valence-electron chi connectivity index (χ2n) is 4.83. The van der Waals surface area contributed by atoms with Crippen LogP contribution < -0.4 is 5.32 Å². The number of nitrogens with zero attached hydrogens (tertiary/aromatic N) is 3. The summed E-state index contributed by atoms with van der Waals surface area (Å²) in [7, 11) is 3.35. The van der Waals surface area contributed by atoms with Gasteiger partial charge in [-0.2, -0.15) is 0 Å². The van der Waals surface area contributed by atoms with E-state index in [2.05, 4.69) is 15.5 Å². The van der Waals surface area contributed by atoms with E-state index in [0.29, 0.717) is 18.1 Å². The molecule has 2 N–H and O–H groups in total. The van der Waals surface area contributed by atoms with Crippen LogP contribution in [0.5, 0.6) is 0 Å². The van der Waals surface area contributed by atoms with Crippen molar-refractivity contribution in [2.75, 3.05) is 19.4 Å². The van der Waals surface area contributed by atoms with E-state index in [-0.39, 0.29) is 12.5 Å². The lowest BCUT2D eigenvalue weighted by molar-refractivity contribution is 0.0821. The number of benzene rings is 1. The maximum atomic E-state index is 11.7. The lowest BCUT2D eigenvalue weighted by atomic mass is 10.1. The highest BCUT2D eigenvalue weighted by molar-refractivity contribution is 5.91. The molecule has 0 aliphatic rings. The van der Waals surface area contributed by atoms with Crippen LogP contribution in [0.3, 0.4) is 0 Å². The van der Waals surface area contributed by atoms with E-state index in [1.807, 2.05) is 24.3 Å². The van der Waals surface area contributed by atoms with Crippen LogP contribution >= 0.6 is 0 Å². The molecule has 0 spiro atoms. The van der Waals surface area contributed by atoms with E-state index >= 15 is 0 Å². The number of hydrogen-bond donors (Lipinski definition) is 2. The second-order valence-corrected chi connectivity index (χ2v) is 4.83. The van der Waals surface area contributed by atoms with Crippen molar-refractivity contribution >= 4 is 11.7 Å². The molecular weight excluding hydrogens is 268 g/mol. The van der Waals surface area contributed by atoms with Gasteiger partial charge in [-0.3, -0.25) is 4.79 Å². The van der Waals surface area contributed by atoms with Gasteiger partial charge in [-0.25, -0.2) is 0 Å². The quantitative estimate of drug-likeness (QED) is 0.865. The molecule has 0 saturated carbocycles. The number of anilines is 1. The fraction of sp³-hybridized carbons (Fsp3) is 0.267. The van der Waals surface area contributed by atoms with E-state index < -0.39 is 0 Å². The van der Waals surface area contributed by atoms with Crippen LogP contribution in [0.25, 0.3) is 0 Å². The molecule has 1 amide bonds. The number of carbonyl (C=O) groups excluding carboxylic acids is 1. The van der Waals surface area contributed by atoms with Crippen LogP contribution in [0.1, 0.15) is 21.6 Å². The minimum absolute atomic E-state index is 0.0422. The van der Waals surface area contributed by atoms with Gasteiger partial charge in [0.15, 0.2) is 5.69 Å². The lowest BCUT2D eigenvalue weighted by Gasteiger charge is -2.09. The molecule has 1 aromatic heterocycles. The van der Waals surface area contributed by atoms with Gasteiger partial charge in [0.2, 0.25) is 0 Å². The van der Waals surface area contributed by atoms with Crippen LogP contribution in [0.4, 0.5) is 5.82 Å². The van der Waals surface area contributed by atoms with Crippen LogP contribution in [0, 0.1) is 0 Å². The van der Waals surface area contributed by atoms with Gasteiger partial charge in [0, 0.05) is 20.6 Å². The minimum atomic E-state index is -0.173. The third-order valence-corrected chi connectivity index (χ3v) is 2.97. The molecule has 2 rings (SSSR count). The van der Waals surface area contributed by atoms with E-state index in [1.54, 1.807) is 26.2 Å². The normalized spacial score (nSPS) is 10.2. The van der Waals surface area contributed by atoms with Crippen molar-refractivity contribution in [3.8, 4) is 0 Å². The molecule has 0 fully saturated rings. The summed E-state index contributed by atoms with van der Waals surface area (Å²) < 4.78 is 0. The highest BCUT2D eigenvalue weighted by atomic mass is 16.3. The zero-order valence-corrected chi connectivity index (χ0v) is 12.1. The largest absolute Gasteiger partial charge is 0.392 e. The molecule has 6 heteroatoms. The van der Waals surface area contributed by atoms with Crippen molar-refractivity contribution in [2.45, 2.75) is 13.2 Å². The van der Waals surface area contributed by atoms with Crippen molar-refractivity contribution in [3.05, 3.63) is 53.2 Å². The number of hydrogen-bond acceptors (Lipinski definition) is 5. The van der Waals surface area contributed by atoms with Gasteiger partial charge >= 0.3 is 0 Å². The molecule has 110 valence electrons. The molecule has 21 heavy (non-hydrogen) atoms. The number of nitrogens with one attached hydrogen (secondary N) is 1. The van der Waals surface area contributed by atoms with E-state index in [4.69, 9.17) is 5.11 Å². The summed E-state index contributed by atoms with van der Waals surface area (Å²) in [5.41, 5.74) is 2.27. The predicted octanol–water partition coefficient (Wildman–Crippen LogP) is 1.28. The number of amides is 1. The summed E-state index contributed by atoms with van der Waals surface area (Å²) >= 11 is 0. The van der Waals surface area contributed by atoms with Crippen molar-refractivity contribution in [2.24, 2.45) is 0 Å². The molecule has 1 aromatic carbocycles. The fourth-order valence-corrected chi connectivity index (χ4v) is 1.72. The Labute approximate surface area is 123 Å². The molecule has 0 radical (unpaired) electrons. The van der Waals surface area contributed by atoms with Gasteiger partial charge in [0.05, 0.1) is 6.61 Å². The maximum Gasteiger partial charge on any atom is 0.273 e. The van der Waals surface area contributed by atoms with Crippen molar-refractivity contribution in [3.63, 3.8) is 0 Å². The summed E-state index contributed by atoms with van der Waals surface area (Å²) in [5.74, 6) is 0.435. The third kappa shape index (κ3) is 4.00.